The molecule has 1 aromatic carbocycles. The van der Waals surface area contributed by atoms with E-state index in [2.05, 4.69) is 10.6 Å². The monoisotopic (exact) mass is 375 g/mol. The van der Waals surface area contributed by atoms with Crippen molar-refractivity contribution in [1.29, 1.82) is 0 Å². The van der Waals surface area contributed by atoms with Gasteiger partial charge in [0.15, 0.2) is 17.5 Å². The molecule has 0 aliphatic heterocycles. The predicted molar refractivity (Wildman–Crippen MR) is 86.9 cm³/mol. The summed E-state index contributed by atoms with van der Waals surface area (Å²) in [6, 6.07) is -0.306. The molecule has 7 nitrogen and oxygen atoms in total. The number of hydrogen-bond donors (Lipinski definition) is 4. The third kappa shape index (κ3) is 6.03. The first-order valence-electron chi connectivity index (χ1n) is 7.87. The normalized spacial score (nSPS) is 13.0. The third-order valence-electron chi connectivity index (χ3n) is 3.45. The fraction of sp³-hybridized carbons (Fsp3) is 0.438. The molecule has 0 aliphatic rings. The van der Waals surface area contributed by atoms with E-state index >= 15 is 0 Å². The summed E-state index contributed by atoms with van der Waals surface area (Å²) in [5.74, 6) is -7.28. The number of benzene rings is 1. The van der Waals surface area contributed by atoms with Gasteiger partial charge in [-0.3, -0.25) is 19.7 Å². The van der Waals surface area contributed by atoms with Crippen molar-refractivity contribution in [1.82, 2.24) is 10.6 Å². The maximum Gasteiger partial charge on any atom is 0.320 e. The lowest BCUT2D eigenvalue weighted by Crippen LogP contribution is -2.50. The first-order chi connectivity index (χ1) is 12.2. The highest BCUT2D eigenvalue weighted by Crippen LogP contribution is 2.19. The van der Waals surface area contributed by atoms with E-state index in [4.69, 9.17) is 5.11 Å². The van der Waals surface area contributed by atoms with E-state index in [1.807, 2.05) is 5.32 Å². The Labute approximate surface area is 148 Å². The molecule has 0 spiro atoms. The molecule has 2 atom stereocenters. The van der Waals surface area contributed by atoms with Crippen molar-refractivity contribution in [3.63, 3.8) is 0 Å². The summed E-state index contributed by atoms with van der Waals surface area (Å²) in [7, 11) is 0. The first kappa shape index (κ1) is 21.4. The zero-order valence-electron chi connectivity index (χ0n) is 14.2. The average Bonchev–Trinajstić information content (AvgIpc) is 2.59. The summed E-state index contributed by atoms with van der Waals surface area (Å²) in [4.78, 5) is 34.6. The van der Waals surface area contributed by atoms with Gasteiger partial charge in [-0.25, -0.2) is 13.2 Å². The average molecular weight is 375 g/mol. The SMILES string of the molecule is CCCC(NC(C)C(=O)NCC(=O)Nc1ccc(F)c(F)c1F)C(=O)O. The second kappa shape index (κ2) is 9.76. The molecule has 144 valence electrons. The number of aliphatic carboxylic acids is 1. The molecule has 2 amide bonds. The highest BCUT2D eigenvalue weighted by molar-refractivity contribution is 5.95. The Morgan fingerprint density at radius 1 is 1.15 bits per heavy atom. The van der Waals surface area contributed by atoms with Gasteiger partial charge in [-0.05, 0) is 25.5 Å². The molecule has 2 unspecified atom stereocenters. The van der Waals surface area contributed by atoms with E-state index in [1.165, 1.54) is 6.92 Å². The standard InChI is InChI=1S/C16H20F3N3O4/c1-3-4-11(16(25)26)21-8(2)15(24)20-7-12(23)22-10-6-5-9(17)13(18)14(10)19/h5-6,8,11,21H,3-4,7H2,1-2H3,(H,20,24)(H,22,23)(H,25,26). The van der Waals surface area contributed by atoms with Crippen LogP contribution in [-0.4, -0.2) is 41.5 Å². The third-order valence-corrected chi connectivity index (χ3v) is 3.45. The number of carboxylic acid groups (broad SMARTS) is 1. The molecule has 0 radical (unpaired) electrons. The van der Waals surface area contributed by atoms with Crippen LogP contribution in [0.4, 0.5) is 18.9 Å². The van der Waals surface area contributed by atoms with Gasteiger partial charge in [0.2, 0.25) is 11.8 Å². The topological polar surface area (TPSA) is 108 Å². The van der Waals surface area contributed by atoms with E-state index in [-0.39, 0.29) is 0 Å². The molecule has 0 heterocycles. The van der Waals surface area contributed by atoms with Crippen molar-refractivity contribution in [2.45, 2.75) is 38.8 Å². The number of anilines is 1. The Bertz CT molecular complexity index is 685. The van der Waals surface area contributed by atoms with Crippen LogP contribution < -0.4 is 16.0 Å². The van der Waals surface area contributed by atoms with Crippen LogP contribution in [0.2, 0.25) is 0 Å². The summed E-state index contributed by atoms with van der Waals surface area (Å²) < 4.78 is 39.4. The largest absolute Gasteiger partial charge is 0.480 e. The van der Waals surface area contributed by atoms with Gasteiger partial charge < -0.3 is 15.7 Å². The molecule has 10 heteroatoms. The van der Waals surface area contributed by atoms with Gasteiger partial charge in [-0.1, -0.05) is 13.3 Å². The summed E-state index contributed by atoms with van der Waals surface area (Å²) in [6.07, 6.45) is 0.920. The predicted octanol–water partition coefficient (Wildman–Crippen LogP) is 1.39. The molecular weight excluding hydrogens is 355 g/mol. The van der Waals surface area contributed by atoms with Gasteiger partial charge in [0.05, 0.1) is 18.3 Å². The van der Waals surface area contributed by atoms with E-state index < -0.39 is 59.6 Å². The van der Waals surface area contributed by atoms with Crippen LogP contribution in [0.5, 0.6) is 0 Å². The summed E-state index contributed by atoms with van der Waals surface area (Å²) in [5.41, 5.74) is -0.566. The highest BCUT2D eigenvalue weighted by Gasteiger charge is 2.22. The zero-order valence-corrected chi connectivity index (χ0v) is 14.2. The van der Waals surface area contributed by atoms with Crippen LogP contribution in [0.1, 0.15) is 26.7 Å². The molecule has 0 saturated heterocycles. The summed E-state index contributed by atoms with van der Waals surface area (Å²) in [6.45, 7) is 2.66. The molecule has 4 N–H and O–H groups in total. The van der Waals surface area contributed by atoms with Crippen molar-refractivity contribution in [3.05, 3.63) is 29.6 Å². The van der Waals surface area contributed by atoms with Gasteiger partial charge in [0.1, 0.15) is 6.04 Å². The highest BCUT2D eigenvalue weighted by atomic mass is 19.2. The smallest absolute Gasteiger partial charge is 0.320 e. The van der Waals surface area contributed by atoms with Gasteiger partial charge in [0, 0.05) is 0 Å². The lowest BCUT2D eigenvalue weighted by Gasteiger charge is -2.19. The van der Waals surface area contributed by atoms with Crippen molar-refractivity contribution >= 4 is 23.5 Å². The van der Waals surface area contributed by atoms with Crippen LogP contribution in [-0.2, 0) is 14.4 Å². The Kier molecular flexibility index (Phi) is 8.04. The van der Waals surface area contributed by atoms with Crippen molar-refractivity contribution in [2.75, 3.05) is 11.9 Å². The van der Waals surface area contributed by atoms with Crippen LogP contribution in [0.25, 0.3) is 0 Å². The number of carbonyl (C=O) groups is 3. The molecule has 0 bridgehead atoms. The summed E-state index contributed by atoms with van der Waals surface area (Å²) in [5, 5.41) is 15.9. The molecule has 0 aliphatic carbocycles. The van der Waals surface area contributed by atoms with Gasteiger partial charge >= 0.3 is 5.97 Å². The number of carbonyl (C=O) groups excluding carboxylic acids is 2. The lowest BCUT2D eigenvalue weighted by atomic mass is 10.1. The molecule has 1 rings (SSSR count). The molecule has 26 heavy (non-hydrogen) atoms. The minimum absolute atomic E-state index is 0.322. The van der Waals surface area contributed by atoms with Gasteiger partial charge in [0.25, 0.3) is 0 Å². The minimum atomic E-state index is -1.72. The minimum Gasteiger partial charge on any atom is -0.480 e. The Hall–Kier alpha value is -2.62. The molecule has 0 saturated carbocycles. The summed E-state index contributed by atoms with van der Waals surface area (Å²) >= 11 is 0. The van der Waals surface area contributed by atoms with Crippen LogP contribution >= 0.6 is 0 Å². The Balaban J connectivity index is 2.55. The second-order valence-corrected chi connectivity index (χ2v) is 5.56. The number of amides is 2. The first-order valence-corrected chi connectivity index (χ1v) is 7.87. The Morgan fingerprint density at radius 3 is 2.38 bits per heavy atom. The zero-order chi connectivity index (χ0) is 19.9. The molecular formula is C16H20F3N3O4. The fourth-order valence-corrected chi connectivity index (χ4v) is 2.08. The van der Waals surface area contributed by atoms with Gasteiger partial charge in [-0.2, -0.15) is 0 Å². The van der Waals surface area contributed by atoms with Crippen LogP contribution in [0.3, 0.4) is 0 Å². The van der Waals surface area contributed by atoms with E-state index in [0.717, 1.165) is 6.07 Å². The second-order valence-electron chi connectivity index (χ2n) is 5.56. The van der Waals surface area contributed by atoms with Crippen molar-refractivity contribution < 1.29 is 32.7 Å². The van der Waals surface area contributed by atoms with Gasteiger partial charge in [-0.15, -0.1) is 0 Å². The molecule has 0 aromatic heterocycles. The molecule has 1 aromatic rings. The van der Waals surface area contributed by atoms with Crippen molar-refractivity contribution in [2.24, 2.45) is 0 Å². The number of carboxylic acids is 1. The Morgan fingerprint density at radius 2 is 1.81 bits per heavy atom. The van der Waals surface area contributed by atoms with Crippen LogP contribution in [0, 0.1) is 17.5 Å². The number of nitrogens with one attached hydrogen (secondary N) is 3. The van der Waals surface area contributed by atoms with E-state index in [9.17, 15) is 27.6 Å². The number of hydrogen-bond acceptors (Lipinski definition) is 4. The lowest BCUT2D eigenvalue weighted by molar-refractivity contribution is -0.140. The van der Waals surface area contributed by atoms with Crippen LogP contribution in [0.15, 0.2) is 12.1 Å². The van der Waals surface area contributed by atoms with Crippen molar-refractivity contribution in [3.8, 4) is 0 Å². The quantitative estimate of drug-likeness (QED) is 0.488. The molecule has 0 fully saturated rings. The fourth-order valence-electron chi connectivity index (χ4n) is 2.08. The van der Waals surface area contributed by atoms with E-state index in [1.54, 1.807) is 6.92 Å². The number of rotatable bonds is 9. The maximum absolute atomic E-state index is 13.5. The number of halogens is 3. The maximum atomic E-state index is 13.5. The van der Waals surface area contributed by atoms with E-state index in [0.29, 0.717) is 18.9 Å².